The van der Waals surface area contributed by atoms with E-state index in [1.165, 1.54) is 73.4 Å². The van der Waals surface area contributed by atoms with Crippen molar-refractivity contribution in [2.45, 2.75) is 77.6 Å². The number of aryl methyl sites for hydroxylation is 1. The monoisotopic (exact) mass is 354 g/mol. The summed E-state index contributed by atoms with van der Waals surface area (Å²) in [4.78, 5) is 0. The van der Waals surface area contributed by atoms with Crippen LogP contribution in [-0.2, 0) is 12.8 Å². The van der Waals surface area contributed by atoms with Gasteiger partial charge < -0.3 is 5.11 Å². The summed E-state index contributed by atoms with van der Waals surface area (Å²) < 4.78 is 1.21. The quantitative estimate of drug-likeness (QED) is 0.452. The summed E-state index contributed by atoms with van der Waals surface area (Å²) in [5.41, 5.74) is 2.63. The zero-order valence-corrected chi connectivity index (χ0v) is 15.1. The molecular formula is C19H31BrO. The molecule has 1 nitrogen and oxygen atoms in total. The van der Waals surface area contributed by atoms with Gasteiger partial charge in [0.2, 0.25) is 0 Å². The highest BCUT2D eigenvalue weighted by Crippen LogP contribution is 2.21. The number of rotatable bonds is 12. The minimum atomic E-state index is 0.235. The lowest BCUT2D eigenvalue weighted by molar-refractivity contribution is 0.299. The molecule has 120 valence electrons. The summed E-state index contributed by atoms with van der Waals surface area (Å²) in [6.07, 6.45) is 14.3. The topological polar surface area (TPSA) is 20.2 Å². The third kappa shape index (κ3) is 8.63. The molecule has 0 aliphatic carbocycles. The summed E-state index contributed by atoms with van der Waals surface area (Å²) in [7, 11) is 0. The molecule has 0 saturated heterocycles. The van der Waals surface area contributed by atoms with E-state index in [0.29, 0.717) is 0 Å². The Morgan fingerprint density at radius 1 is 0.857 bits per heavy atom. The Labute approximate surface area is 139 Å². The molecule has 0 fully saturated rings. The van der Waals surface area contributed by atoms with Crippen molar-refractivity contribution in [1.82, 2.24) is 0 Å². The summed E-state index contributed by atoms with van der Waals surface area (Å²) in [5.74, 6) is 0. The van der Waals surface area contributed by atoms with Crippen LogP contribution in [0, 0.1) is 0 Å². The molecule has 0 heterocycles. The highest BCUT2D eigenvalue weighted by Gasteiger charge is 2.02. The second-order valence-electron chi connectivity index (χ2n) is 5.98. The molecule has 2 heteroatoms. The lowest BCUT2D eigenvalue weighted by Gasteiger charge is -2.07. The van der Waals surface area contributed by atoms with Crippen molar-refractivity contribution in [3.63, 3.8) is 0 Å². The van der Waals surface area contributed by atoms with E-state index < -0.39 is 0 Å². The second kappa shape index (κ2) is 12.2. The molecule has 0 bridgehead atoms. The van der Waals surface area contributed by atoms with Gasteiger partial charge in [-0.1, -0.05) is 86.4 Å². The Kier molecular flexibility index (Phi) is 10.9. The van der Waals surface area contributed by atoms with E-state index in [1.807, 2.05) is 0 Å². The van der Waals surface area contributed by atoms with E-state index in [9.17, 15) is 0 Å². The van der Waals surface area contributed by atoms with Crippen LogP contribution >= 0.6 is 15.9 Å². The van der Waals surface area contributed by atoms with Crippen LogP contribution in [0.15, 0.2) is 22.7 Å². The van der Waals surface area contributed by atoms with E-state index >= 15 is 0 Å². The SMILES string of the molecule is CCCCCCCCCCCc1cc(CCO)ccc1Br. The fourth-order valence-corrected chi connectivity index (χ4v) is 3.18. The van der Waals surface area contributed by atoms with E-state index in [1.54, 1.807) is 0 Å². The van der Waals surface area contributed by atoms with Crippen LogP contribution in [0.4, 0.5) is 0 Å². The van der Waals surface area contributed by atoms with Gasteiger partial charge >= 0.3 is 0 Å². The molecule has 1 N–H and O–H groups in total. The first-order chi connectivity index (χ1) is 10.3. The fraction of sp³-hybridized carbons (Fsp3) is 0.684. The predicted octanol–water partition coefficient (Wildman–Crippen LogP) is 6.06. The molecule has 1 rings (SSSR count). The summed E-state index contributed by atoms with van der Waals surface area (Å²) in [6.45, 7) is 2.51. The lowest BCUT2D eigenvalue weighted by atomic mass is 10.0. The first-order valence-electron chi connectivity index (χ1n) is 8.66. The van der Waals surface area contributed by atoms with Gasteiger partial charge in [0.05, 0.1) is 0 Å². The Morgan fingerprint density at radius 3 is 2.10 bits per heavy atom. The van der Waals surface area contributed by atoms with Gasteiger partial charge in [0.15, 0.2) is 0 Å². The van der Waals surface area contributed by atoms with Crippen LogP contribution < -0.4 is 0 Å². The van der Waals surface area contributed by atoms with Crippen molar-refractivity contribution in [2.75, 3.05) is 6.61 Å². The number of aliphatic hydroxyl groups excluding tert-OH is 1. The fourth-order valence-electron chi connectivity index (χ4n) is 2.73. The van der Waals surface area contributed by atoms with Gasteiger partial charge in [0.25, 0.3) is 0 Å². The summed E-state index contributed by atoms with van der Waals surface area (Å²) >= 11 is 3.64. The van der Waals surface area contributed by atoms with Crippen molar-refractivity contribution >= 4 is 15.9 Å². The predicted molar refractivity (Wildman–Crippen MR) is 95.9 cm³/mol. The Morgan fingerprint density at radius 2 is 1.48 bits per heavy atom. The molecule has 0 saturated carbocycles. The maximum Gasteiger partial charge on any atom is 0.0471 e. The first kappa shape index (κ1) is 18.7. The number of hydrogen-bond donors (Lipinski definition) is 1. The number of benzene rings is 1. The highest BCUT2D eigenvalue weighted by atomic mass is 79.9. The number of hydrogen-bond acceptors (Lipinski definition) is 1. The van der Waals surface area contributed by atoms with Crippen LogP contribution in [0.25, 0.3) is 0 Å². The standard InChI is InChI=1S/C19H31BrO/c1-2-3-4-5-6-7-8-9-10-11-18-16-17(14-15-21)12-13-19(18)20/h12-13,16,21H,2-11,14-15H2,1H3. The highest BCUT2D eigenvalue weighted by molar-refractivity contribution is 9.10. The molecule has 0 spiro atoms. The van der Waals surface area contributed by atoms with Crippen molar-refractivity contribution in [3.8, 4) is 0 Å². The van der Waals surface area contributed by atoms with E-state index in [2.05, 4.69) is 41.1 Å². The van der Waals surface area contributed by atoms with Crippen molar-refractivity contribution in [1.29, 1.82) is 0 Å². The number of halogens is 1. The Balaban J connectivity index is 2.13. The molecule has 0 radical (unpaired) electrons. The Bertz CT molecular complexity index is 376. The Hall–Kier alpha value is -0.340. The molecule has 0 aliphatic rings. The van der Waals surface area contributed by atoms with Crippen molar-refractivity contribution in [2.24, 2.45) is 0 Å². The zero-order valence-electron chi connectivity index (χ0n) is 13.5. The van der Waals surface area contributed by atoms with Gasteiger partial charge in [-0.05, 0) is 36.5 Å². The maximum absolute atomic E-state index is 9.02. The van der Waals surface area contributed by atoms with E-state index in [0.717, 1.165) is 12.8 Å². The van der Waals surface area contributed by atoms with Gasteiger partial charge in [0, 0.05) is 11.1 Å². The molecule has 21 heavy (non-hydrogen) atoms. The maximum atomic E-state index is 9.02. The van der Waals surface area contributed by atoms with Gasteiger partial charge in [-0.3, -0.25) is 0 Å². The average molecular weight is 355 g/mol. The average Bonchev–Trinajstić information content (AvgIpc) is 2.49. The largest absolute Gasteiger partial charge is 0.396 e. The van der Waals surface area contributed by atoms with Crippen molar-refractivity contribution in [3.05, 3.63) is 33.8 Å². The number of aliphatic hydroxyl groups is 1. The van der Waals surface area contributed by atoms with Gasteiger partial charge in [0.1, 0.15) is 0 Å². The molecule has 0 aliphatic heterocycles. The molecule has 0 atom stereocenters. The smallest absolute Gasteiger partial charge is 0.0471 e. The second-order valence-corrected chi connectivity index (χ2v) is 6.83. The molecule has 0 amide bonds. The molecule has 0 aromatic heterocycles. The first-order valence-corrected chi connectivity index (χ1v) is 9.45. The lowest BCUT2D eigenvalue weighted by Crippen LogP contribution is -1.94. The van der Waals surface area contributed by atoms with Gasteiger partial charge in [-0.25, -0.2) is 0 Å². The van der Waals surface area contributed by atoms with E-state index in [4.69, 9.17) is 5.11 Å². The van der Waals surface area contributed by atoms with Crippen LogP contribution in [-0.4, -0.2) is 11.7 Å². The van der Waals surface area contributed by atoms with Crippen LogP contribution in [0.1, 0.15) is 75.8 Å². The minimum Gasteiger partial charge on any atom is -0.396 e. The van der Waals surface area contributed by atoms with Gasteiger partial charge in [-0.2, -0.15) is 0 Å². The van der Waals surface area contributed by atoms with Gasteiger partial charge in [-0.15, -0.1) is 0 Å². The summed E-state index contributed by atoms with van der Waals surface area (Å²) in [5, 5.41) is 9.02. The third-order valence-corrected chi connectivity index (χ3v) is 4.83. The van der Waals surface area contributed by atoms with Crippen molar-refractivity contribution < 1.29 is 5.11 Å². The minimum absolute atomic E-state index is 0.235. The van der Waals surface area contributed by atoms with E-state index in [-0.39, 0.29) is 6.61 Å². The van der Waals surface area contributed by atoms with Crippen LogP contribution in [0.3, 0.4) is 0 Å². The summed E-state index contributed by atoms with van der Waals surface area (Å²) in [6, 6.07) is 6.46. The molecule has 1 aromatic carbocycles. The van der Waals surface area contributed by atoms with Crippen LogP contribution in [0.2, 0.25) is 0 Å². The zero-order chi connectivity index (χ0) is 15.3. The normalized spacial score (nSPS) is 11.0. The molecular weight excluding hydrogens is 324 g/mol. The third-order valence-electron chi connectivity index (χ3n) is 4.06. The van der Waals surface area contributed by atoms with Crippen LogP contribution in [0.5, 0.6) is 0 Å². The molecule has 1 aromatic rings. The number of unbranched alkanes of at least 4 members (excludes halogenated alkanes) is 8. The molecule has 0 unspecified atom stereocenters.